The lowest BCUT2D eigenvalue weighted by atomic mass is 10.1. The number of benzene rings is 1. The van der Waals surface area contributed by atoms with Crippen molar-refractivity contribution in [1.82, 2.24) is 5.32 Å². The summed E-state index contributed by atoms with van der Waals surface area (Å²) >= 11 is 0. The van der Waals surface area contributed by atoms with Crippen LogP contribution in [0.1, 0.15) is 45.2 Å². The van der Waals surface area contributed by atoms with Crippen LogP contribution in [-0.2, 0) is 4.74 Å². The molecule has 0 saturated heterocycles. The number of ether oxygens (including phenoxy) is 2. The maximum Gasteiger partial charge on any atom is 0.119 e. The molecule has 2 rings (SSSR count). The average molecular weight is 277 g/mol. The van der Waals surface area contributed by atoms with Gasteiger partial charge in [0.15, 0.2) is 0 Å². The topological polar surface area (TPSA) is 30.5 Å². The van der Waals surface area contributed by atoms with Gasteiger partial charge in [-0.15, -0.1) is 0 Å². The molecule has 1 saturated carbocycles. The first-order valence-corrected chi connectivity index (χ1v) is 7.61. The fourth-order valence-corrected chi connectivity index (χ4v) is 2.52. The van der Waals surface area contributed by atoms with Crippen LogP contribution in [0.15, 0.2) is 24.3 Å². The Hall–Kier alpha value is -1.06. The summed E-state index contributed by atoms with van der Waals surface area (Å²) in [4.78, 5) is 0. The molecule has 1 aromatic rings. The van der Waals surface area contributed by atoms with Crippen LogP contribution >= 0.6 is 0 Å². The van der Waals surface area contributed by atoms with Gasteiger partial charge in [0.1, 0.15) is 5.75 Å². The molecular weight excluding hydrogens is 250 g/mol. The van der Waals surface area contributed by atoms with Gasteiger partial charge in [0.2, 0.25) is 0 Å². The first-order valence-electron chi connectivity index (χ1n) is 7.61. The van der Waals surface area contributed by atoms with Crippen LogP contribution < -0.4 is 10.1 Å². The summed E-state index contributed by atoms with van der Waals surface area (Å²) in [5, 5.41) is 3.69. The van der Waals surface area contributed by atoms with Crippen LogP contribution in [0.2, 0.25) is 0 Å². The zero-order valence-electron chi connectivity index (χ0n) is 13.1. The highest BCUT2D eigenvalue weighted by atomic mass is 16.5. The van der Waals surface area contributed by atoms with Crippen LogP contribution in [0.4, 0.5) is 0 Å². The molecule has 2 unspecified atom stereocenters. The number of hydrogen-bond donors (Lipinski definition) is 1. The van der Waals surface area contributed by atoms with Gasteiger partial charge in [0.05, 0.1) is 12.7 Å². The molecule has 3 nitrogen and oxygen atoms in total. The molecule has 1 aliphatic carbocycles. The SMILES string of the molecule is COCC(NC(C)c1ccc(OC(C)C)cc1)C1CC1. The second kappa shape index (κ2) is 7.09. The van der Waals surface area contributed by atoms with E-state index >= 15 is 0 Å². The Balaban J connectivity index is 1.92. The molecule has 20 heavy (non-hydrogen) atoms. The Morgan fingerprint density at radius 1 is 1.15 bits per heavy atom. The second-order valence-corrected chi connectivity index (χ2v) is 6.02. The molecule has 1 N–H and O–H groups in total. The number of nitrogens with one attached hydrogen (secondary N) is 1. The third-order valence-electron chi connectivity index (χ3n) is 3.75. The van der Waals surface area contributed by atoms with E-state index in [-0.39, 0.29) is 6.10 Å². The van der Waals surface area contributed by atoms with Crippen LogP contribution in [0.25, 0.3) is 0 Å². The van der Waals surface area contributed by atoms with Gasteiger partial charge >= 0.3 is 0 Å². The van der Waals surface area contributed by atoms with E-state index in [1.54, 1.807) is 7.11 Å². The van der Waals surface area contributed by atoms with Gasteiger partial charge in [-0.25, -0.2) is 0 Å². The van der Waals surface area contributed by atoms with Crippen molar-refractivity contribution in [3.8, 4) is 5.75 Å². The molecule has 0 heterocycles. The molecule has 0 amide bonds. The highest BCUT2D eigenvalue weighted by Crippen LogP contribution is 2.34. The zero-order valence-corrected chi connectivity index (χ0v) is 13.1. The third-order valence-corrected chi connectivity index (χ3v) is 3.75. The molecule has 1 aliphatic rings. The maximum atomic E-state index is 5.68. The molecule has 0 aromatic heterocycles. The lowest BCUT2D eigenvalue weighted by Crippen LogP contribution is -2.36. The summed E-state index contributed by atoms with van der Waals surface area (Å²) in [6.07, 6.45) is 2.88. The predicted octanol–water partition coefficient (Wildman–Crippen LogP) is 3.55. The molecule has 2 atom stereocenters. The minimum atomic E-state index is 0.220. The summed E-state index contributed by atoms with van der Waals surface area (Å²) in [5.74, 6) is 1.73. The second-order valence-electron chi connectivity index (χ2n) is 6.02. The normalized spacial score (nSPS) is 18.1. The van der Waals surface area contributed by atoms with Crippen molar-refractivity contribution in [1.29, 1.82) is 0 Å². The van der Waals surface area contributed by atoms with E-state index < -0.39 is 0 Å². The first kappa shape index (κ1) is 15.3. The predicted molar refractivity (Wildman–Crippen MR) is 82.1 cm³/mol. The first-order chi connectivity index (χ1) is 9.60. The minimum absolute atomic E-state index is 0.220. The lowest BCUT2D eigenvalue weighted by Gasteiger charge is -2.23. The van der Waals surface area contributed by atoms with Gasteiger partial charge in [0.25, 0.3) is 0 Å². The van der Waals surface area contributed by atoms with Crippen molar-refractivity contribution in [2.24, 2.45) is 5.92 Å². The van der Waals surface area contributed by atoms with E-state index in [9.17, 15) is 0 Å². The summed E-state index contributed by atoms with van der Waals surface area (Å²) in [6, 6.07) is 9.20. The van der Waals surface area contributed by atoms with Gasteiger partial charge in [-0.05, 0) is 57.2 Å². The molecule has 3 heteroatoms. The highest BCUT2D eigenvalue weighted by Gasteiger charge is 2.31. The van der Waals surface area contributed by atoms with Gasteiger partial charge in [-0.2, -0.15) is 0 Å². The van der Waals surface area contributed by atoms with E-state index in [2.05, 4.69) is 36.5 Å². The molecule has 0 spiro atoms. The molecule has 0 radical (unpaired) electrons. The lowest BCUT2D eigenvalue weighted by molar-refractivity contribution is 0.152. The molecule has 112 valence electrons. The van der Waals surface area contributed by atoms with E-state index in [1.165, 1.54) is 18.4 Å². The molecule has 0 aliphatic heterocycles. The van der Waals surface area contributed by atoms with Gasteiger partial charge in [-0.3, -0.25) is 0 Å². The maximum absolute atomic E-state index is 5.68. The van der Waals surface area contributed by atoms with E-state index in [0.717, 1.165) is 18.3 Å². The number of methoxy groups -OCH3 is 1. The average Bonchev–Trinajstić information content (AvgIpc) is 3.22. The van der Waals surface area contributed by atoms with E-state index in [0.29, 0.717) is 12.1 Å². The monoisotopic (exact) mass is 277 g/mol. The smallest absolute Gasteiger partial charge is 0.119 e. The van der Waals surface area contributed by atoms with Crippen molar-refractivity contribution in [2.75, 3.05) is 13.7 Å². The Kier molecular flexibility index (Phi) is 5.44. The fraction of sp³-hybridized carbons (Fsp3) is 0.647. The molecule has 0 bridgehead atoms. The zero-order chi connectivity index (χ0) is 14.5. The summed E-state index contributed by atoms with van der Waals surface area (Å²) in [6.45, 7) is 7.10. The third kappa shape index (κ3) is 4.50. The van der Waals surface area contributed by atoms with Crippen LogP contribution in [0.5, 0.6) is 5.75 Å². The van der Waals surface area contributed by atoms with Gasteiger partial charge < -0.3 is 14.8 Å². The largest absolute Gasteiger partial charge is 0.491 e. The van der Waals surface area contributed by atoms with Gasteiger partial charge in [0, 0.05) is 19.2 Å². The fourth-order valence-electron chi connectivity index (χ4n) is 2.52. The minimum Gasteiger partial charge on any atom is -0.491 e. The van der Waals surface area contributed by atoms with Crippen LogP contribution in [0.3, 0.4) is 0 Å². The number of rotatable bonds is 8. The molecule has 1 aromatic carbocycles. The summed E-state index contributed by atoms with van der Waals surface area (Å²) < 4.78 is 11.0. The van der Waals surface area contributed by atoms with Crippen molar-refractivity contribution < 1.29 is 9.47 Å². The quantitative estimate of drug-likeness (QED) is 0.788. The standard InChI is InChI=1S/C17H27NO2/c1-12(2)20-16-9-7-14(8-10-16)13(3)18-17(11-19-4)15-5-6-15/h7-10,12-13,15,17-18H,5-6,11H2,1-4H3. The van der Waals surface area contributed by atoms with Crippen molar-refractivity contribution in [2.45, 2.75) is 51.8 Å². The summed E-state index contributed by atoms with van der Waals surface area (Å²) in [5.41, 5.74) is 1.29. The Morgan fingerprint density at radius 3 is 2.30 bits per heavy atom. The van der Waals surface area contributed by atoms with Crippen LogP contribution in [-0.4, -0.2) is 25.9 Å². The molecule has 1 fully saturated rings. The van der Waals surface area contributed by atoms with Crippen LogP contribution in [0, 0.1) is 5.92 Å². The number of hydrogen-bond acceptors (Lipinski definition) is 3. The summed E-state index contributed by atoms with van der Waals surface area (Å²) in [7, 11) is 1.78. The van der Waals surface area contributed by atoms with E-state index in [1.807, 2.05) is 13.8 Å². The Bertz CT molecular complexity index is 398. The molecular formula is C17H27NO2. The van der Waals surface area contributed by atoms with Crippen molar-refractivity contribution in [3.05, 3.63) is 29.8 Å². The van der Waals surface area contributed by atoms with E-state index in [4.69, 9.17) is 9.47 Å². The van der Waals surface area contributed by atoms with Gasteiger partial charge in [-0.1, -0.05) is 12.1 Å². The van der Waals surface area contributed by atoms with Crippen molar-refractivity contribution in [3.63, 3.8) is 0 Å². The van der Waals surface area contributed by atoms with Crippen molar-refractivity contribution >= 4 is 0 Å². The Labute approximate surface area is 122 Å². The Morgan fingerprint density at radius 2 is 1.80 bits per heavy atom. The highest BCUT2D eigenvalue weighted by molar-refractivity contribution is 5.29.